The molecule has 0 aliphatic rings. The van der Waals surface area contributed by atoms with Gasteiger partial charge in [0.25, 0.3) is 0 Å². The smallest absolute Gasteiger partial charge is 0.545 e. The minimum absolute atomic E-state index is 0. The summed E-state index contributed by atoms with van der Waals surface area (Å²) in [5, 5.41) is 42.2. The Bertz CT molecular complexity index is 493. The third-order valence-electron chi connectivity index (χ3n) is 1.85. The van der Waals surface area contributed by atoms with Crippen LogP contribution < -0.4 is 226 Å². The van der Waals surface area contributed by atoms with Gasteiger partial charge in [-0.25, -0.2) is 4.98 Å². The predicted molar refractivity (Wildman–Crippen MR) is 41.6 cm³/mol. The maximum absolute atomic E-state index is 10.6. The molecule has 0 spiro atoms. The third-order valence-corrected chi connectivity index (χ3v) is 1.85. The van der Waals surface area contributed by atoms with Gasteiger partial charge in [0.1, 0.15) is 0 Å². The van der Waals surface area contributed by atoms with Gasteiger partial charge in [0, 0.05) is 11.1 Å². The van der Waals surface area contributed by atoms with E-state index in [9.17, 15) is 39.6 Å². The number of pyridine rings is 1. The molecule has 0 amide bonds. The second kappa shape index (κ2) is 15.6. The van der Waals surface area contributed by atoms with Crippen LogP contribution in [0.5, 0.6) is 0 Å². The van der Waals surface area contributed by atoms with Crippen molar-refractivity contribution in [3.63, 3.8) is 0 Å². The summed E-state index contributed by atoms with van der Waals surface area (Å²) < 4.78 is 0. The quantitative estimate of drug-likeness (QED) is 0.439. The maximum atomic E-state index is 10.6. The summed E-state index contributed by atoms with van der Waals surface area (Å²) in [4.78, 5) is 45.1. The number of carboxylic acid groups (broad SMARTS) is 4. The number of nitrogens with zero attached hydrogens (tertiary/aromatic N) is 1. The van der Waals surface area contributed by atoms with Crippen LogP contribution in [0.3, 0.4) is 0 Å². The van der Waals surface area contributed by atoms with Gasteiger partial charge < -0.3 is 39.6 Å². The monoisotopic (exact) mass is 407 g/mol. The first-order valence-electron chi connectivity index (χ1n) is 4.16. The van der Waals surface area contributed by atoms with Crippen LogP contribution in [0.1, 0.15) is 41.7 Å². The van der Waals surface area contributed by atoms with Gasteiger partial charge >= 0.3 is 206 Å². The summed E-state index contributed by atoms with van der Waals surface area (Å²) >= 11 is 0. The molecule has 0 N–H and O–H groups in total. The molecule has 0 bridgehead atoms. The van der Waals surface area contributed by atoms with E-state index >= 15 is 0 Å². The summed E-state index contributed by atoms with van der Waals surface area (Å²) in [6.07, 6.45) is 0. The van der Waals surface area contributed by atoms with E-state index in [1.165, 1.54) is 0 Å². The minimum atomic E-state index is -2.11. The summed E-state index contributed by atoms with van der Waals surface area (Å²) in [6, 6.07) is 0.244. The van der Waals surface area contributed by atoms with E-state index in [4.69, 9.17) is 0 Å². The Balaban J connectivity index is -0.000000405. The second-order valence-electron chi connectivity index (χ2n) is 2.93. The van der Waals surface area contributed by atoms with Gasteiger partial charge in [0.05, 0.1) is 35.3 Å². The van der Waals surface area contributed by atoms with Crippen molar-refractivity contribution >= 4 is 23.9 Å². The first-order valence-corrected chi connectivity index (χ1v) is 4.16. The molecule has 1 rings (SSSR count). The number of hydrogen-bond donors (Lipinski definition) is 0. The first kappa shape index (κ1) is 33.2. The molecule has 22 heavy (non-hydrogen) atoms. The van der Waals surface area contributed by atoms with Gasteiger partial charge in [-0.05, 0) is 6.07 Å². The van der Waals surface area contributed by atoms with Gasteiger partial charge in [-0.2, -0.15) is 0 Å². The van der Waals surface area contributed by atoms with Crippen molar-refractivity contribution in [2.75, 3.05) is 0 Å². The van der Waals surface area contributed by atoms with Gasteiger partial charge in [-0.1, -0.05) is 0 Å². The Morgan fingerprint density at radius 3 is 1.09 bits per heavy atom. The van der Waals surface area contributed by atoms with Crippen molar-refractivity contribution in [1.29, 1.82) is 0 Å². The van der Waals surface area contributed by atoms with Crippen molar-refractivity contribution in [1.82, 2.24) is 4.98 Å². The molecule has 1 aromatic rings. The van der Waals surface area contributed by atoms with Crippen LogP contribution in [-0.4, -0.2) is 28.9 Å². The standard InChI is InChI=1S/C9H5NO8.4K/c11-6(12)2-1-3(7(13)14)5(9(17)18)10-4(2)8(15)16;;;;/h1H,(H,11,12)(H,13,14)(H,15,16)(H,17,18);;;;/q;4*+1/p-4. The molecule has 0 fully saturated rings. The molecule has 0 aliphatic heterocycles. The number of aromatic nitrogens is 1. The zero-order valence-corrected chi connectivity index (χ0v) is 24.8. The summed E-state index contributed by atoms with van der Waals surface area (Å²) in [6.45, 7) is 0. The predicted octanol–water partition coefficient (Wildman–Crippen LogP) is -17.4. The van der Waals surface area contributed by atoms with Crippen molar-refractivity contribution in [2.45, 2.75) is 0 Å². The first-order chi connectivity index (χ1) is 8.25. The molecule has 0 aromatic carbocycles. The Morgan fingerprint density at radius 1 is 0.636 bits per heavy atom. The summed E-state index contributed by atoms with van der Waals surface area (Å²) in [5.74, 6) is -8.34. The Labute approximate surface area is 294 Å². The number of rotatable bonds is 4. The van der Waals surface area contributed by atoms with E-state index in [1.807, 2.05) is 0 Å². The fourth-order valence-electron chi connectivity index (χ4n) is 1.14. The molecule has 0 unspecified atom stereocenters. The molecular formula is C9HK4NO8. The number of aromatic carboxylic acids is 4. The zero-order chi connectivity index (χ0) is 14.0. The van der Waals surface area contributed by atoms with E-state index in [2.05, 4.69) is 4.98 Å². The molecular weight excluding hydrogens is 406 g/mol. The normalized spacial score (nSPS) is 8.00. The molecule has 1 aromatic heterocycles. The van der Waals surface area contributed by atoms with Crippen LogP contribution in [0.15, 0.2) is 6.07 Å². The van der Waals surface area contributed by atoms with Gasteiger partial charge in [0.2, 0.25) is 0 Å². The van der Waals surface area contributed by atoms with Crippen LogP contribution in [-0.2, 0) is 0 Å². The fourth-order valence-corrected chi connectivity index (χ4v) is 1.14. The van der Waals surface area contributed by atoms with Crippen LogP contribution in [0, 0.1) is 0 Å². The fraction of sp³-hybridized carbons (Fsp3) is 0. The van der Waals surface area contributed by atoms with Crippen LogP contribution in [0.4, 0.5) is 0 Å². The molecule has 0 saturated heterocycles. The average molecular weight is 407 g/mol. The number of hydrogen-bond acceptors (Lipinski definition) is 9. The summed E-state index contributed by atoms with van der Waals surface area (Å²) in [7, 11) is 0. The van der Waals surface area contributed by atoms with E-state index in [0.717, 1.165) is 0 Å². The van der Waals surface area contributed by atoms with Crippen molar-refractivity contribution in [3.05, 3.63) is 28.6 Å². The van der Waals surface area contributed by atoms with Crippen molar-refractivity contribution in [3.8, 4) is 0 Å². The molecule has 0 saturated carbocycles. The largest absolute Gasteiger partial charge is 1.00 e. The van der Waals surface area contributed by atoms with E-state index < -0.39 is 46.4 Å². The molecule has 9 nitrogen and oxygen atoms in total. The summed E-state index contributed by atoms with van der Waals surface area (Å²) in [5.41, 5.74) is -4.84. The van der Waals surface area contributed by atoms with Crippen LogP contribution >= 0.6 is 0 Å². The molecule has 1 heterocycles. The third kappa shape index (κ3) is 9.49. The maximum Gasteiger partial charge on any atom is 1.00 e. The topological polar surface area (TPSA) is 173 Å². The van der Waals surface area contributed by atoms with Crippen LogP contribution in [0.2, 0.25) is 0 Å². The SMILES string of the molecule is O=C([O-])c1cc(C(=O)[O-])c(C(=O)[O-])nc1C(=O)[O-].[K+].[K+].[K+].[K+]. The van der Waals surface area contributed by atoms with Crippen molar-refractivity contribution < 1.29 is 245 Å². The number of carboxylic acids is 4. The van der Waals surface area contributed by atoms with Gasteiger partial charge in [0.15, 0.2) is 0 Å². The molecule has 94 valence electrons. The Hall–Kier alpha value is 3.58. The molecule has 13 heteroatoms. The van der Waals surface area contributed by atoms with E-state index in [1.54, 1.807) is 0 Å². The molecule has 0 radical (unpaired) electrons. The second-order valence-corrected chi connectivity index (χ2v) is 2.93. The molecule has 0 aliphatic carbocycles. The Morgan fingerprint density at radius 2 is 0.909 bits per heavy atom. The minimum Gasteiger partial charge on any atom is -0.545 e. The number of carbonyl (C=O) groups is 4. The number of carbonyl (C=O) groups excluding carboxylic acids is 4. The Kier molecular flexibility index (Phi) is 23.6. The van der Waals surface area contributed by atoms with Crippen molar-refractivity contribution in [2.24, 2.45) is 0 Å². The van der Waals surface area contributed by atoms with E-state index in [0.29, 0.717) is 0 Å². The zero-order valence-electron chi connectivity index (χ0n) is 12.3. The average Bonchev–Trinajstić information content (AvgIpc) is 2.26. The van der Waals surface area contributed by atoms with Gasteiger partial charge in [-0.3, -0.25) is 0 Å². The molecule has 0 atom stereocenters. The van der Waals surface area contributed by atoms with Crippen LogP contribution in [0.25, 0.3) is 0 Å². The van der Waals surface area contributed by atoms with Gasteiger partial charge in [-0.15, -0.1) is 0 Å². The van der Waals surface area contributed by atoms with E-state index in [-0.39, 0.29) is 212 Å².